The zero-order valence-electron chi connectivity index (χ0n) is 11.5. The fourth-order valence-corrected chi connectivity index (χ4v) is 2.55. The van der Waals surface area contributed by atoms with Crippen molar-refractivity contribution in [2.45, 2.75) is 6.42 Å². The molecule has 1 aliphatic heterocycles. The van der Waals surface area contributed by atoms with Crippen molar-refractivity contribution in [2.75, 3.05) is 26.2 Å². The van der Waals surface area contributed by atoms with E-state index in [1.165, 1.54) is 0 Å². The Morgan fingerprint density at radius 2 is 2.19 bits per heavy atom. The van der Waals surface area contributed by atoms with Crippen LogP contribution in [0.1, 0.15) is 17.0 Å². The summed E-state index contributed by atoms with van der Waals surface area (Å²) in [4.78, 5) is 14.2. The Balaban J connectivity index is 1.79. The van der Waals surface area contributed by atoms with E-state index in [0.717, 1.165) is 31.6 Å². The number of hydrogen-bond donors (Lipinski definition) is 1. The SMILES string of the molecule is O=C(c1cc(-c2cccc(Cl)c2)no1)N1CCCNCC1. The van der Waals surface area contributed by atoms with E-state index in [1.54, 1.807) is 23.1 Å². The fraction of sp³-hybridized carbons (Fsp3) is 0.333. The van der Waals surface area contributed by atoms with Crippen molar-refractivity contribution in [1.29, 1.82) is 0 Å². The van der Waals surface area contributed by atoms with Crippen LogP contribution in [0.15, 0.2) is 34.9 Å². The summed E-state index contributed by atoms with van der Waals surface area (Å²) < 4.78 is 5.21. The summed E-state index contributed by atoms with van der Waals surface area (Å²) >= 11 is 5.96. The van der Waals surface area contributed by atoms with Gasteiger partial charge in [-0.05, 0) is 25.1 Å². The topological polar surface area (TPSA) is 58.4 Å². The average molecular weight is 306 g/mol. The molecule has 1 N–H and O–H groups in total. The van der Waals surface area contributed by atoms with Gasteiger partial charge < -0.3 is 14.7 Å². The van der Waals surface area contributed by atoms with Crippen molar-refractivity contribution in [3.05, 3.63) is 41.1 Å². The van der Waals surface area contributed by atoms with Crippen LogP contribution in [0.5, 0.6) is 0 Å². The summed E-state index contributed by atoms with van der Waals surface area (Å²) in [5.41, 5.74) is 1.46. The van der Waals surface area contributed by atoms with Gasteiger partial charge in [-0.1, -0.05) is 28.9 Å². The number of nitrogens with zero attached hydrogens (tertiary/aromatic N) is 2. The van der Waals surface area contributed by atoms with Gasteiger partial charge in [0.15, 0.2) is 0 Å². The van der Waals surface area contributed by atoms with Gasteiger partial charge >= 0.3 is 0 Å². The lowest BCUT2D eigenvalue weighted by molar-refractivity contribution is 0.0724. The number of amides is 1. The predicted molar refractivity (Wildman–Crippen MR) is 80.3 cm³/mol. The van der Waals surface area contributed by atoms with E-state index in [4.69, 9.17) is 16.1 Å². The molecular weight excluding hydrogens is 290 g/mol. The minimum Gasteiger partial charge on any atom is -0.350 e. The molecule has 1 aliphatic rings. The molecule has 0 bridgehead atoms. The number of benzene rings is 1. The highest BCUT2D eigenvalue weighted by atomic mass is 35.5. The molecule has 2 aromatic rings. The maximum absolute atomic E-state index is 12.4. The number of halogens is 1. The van der Waals surface area contributed by atoms with Crippen LogP contribution in [-0.2, 0) is 0 Å². The highest BCUT2D eigenvalue weighted by molar-refractivity contribution is 6.30. The van der Waals surface area contributed by atoms with Crippen molar-refractivity contribution in [2.24, 2.45) is 0 Å². The van der Waals surface area contributed by atoms with Crippen LogP contribution in [0.3, 0.4) is 0 Å². The molecule has 110 valence electrons. The number of nitrogens with one attached hydrogen (secondary N) is 1. The third kappa shape index (κ3) is 3.25. The highest BCUT2D eigenvalue weighted by Crippen LogP contribution is 2.23. The molecule has 2 heterocycles. The summed E-state index contributed by atoms with van der Waals surface area (Å²) in [5, 5.41) is 7.86. The highest BCUT2D eigenvalue weighted by Gasteiger charge is 2.21. The third-order valence-electron chi connectivity index (χ3n) is 3.47. The van der Waals surface area contributed by atoms with Gasteiger partial charge in [0.1, 0.15) is 5.69 Å². The molecular formula is C15H16ClN3O2. The molecule has 1 amide bonds. The maximum Gasteiger partial charge on any atom is 0.292 e. The Kier molecular flexibility index (Phi) is 4.22. The summed E-state index contributed by atoms with van der Waals surface area (Å²) in [6.45, 7) is 3.17. The molecule has 6 heteroatoms. The van der Waals surface area contributed by atoms with Crippen LogP contribution < -0.4 is 5.32 Å². The van der Waals surface area contributed by atoms with Crippen molar-refractivity contribution in [3.8, 4) is 11.3 Å². The van der Waals surface area contributed by atoms with Crippen molar-refractivity contribution >= 4 is 17.5 Å². The van der Waals surface area contributed by atoms with Crippen LogP contribution in [-0.4, -0.2) is 42.1 Å². The third-order valence-corrected chi connectivity index (χ3v) is 3.70. The quantitative estimate of drug-likeness (QED) is 0.926. The van der Waals surface area contributed by atoms with Crippen molar-refractivity contribution in [3.63, 3.8) is 0 Å². The Labute approximate surface area is 127 Å². The summed E-state index contributed by atoms with van der Waals surface area (Å²) in [6.07, 6.45) is 0.945. The lowest BCUT2D eigenvalue weighted by Crippen LogP contribution is -2.33. The molecule has 0 radical (unpaired) electrons. The molecule has 1 aromatic carbocycles. The van der Waals surface area contributed by atoms with E-state index in [1.807, 2.05) is 12.1 Å². The lowest BCUT2D eigenvalue weighted by Gasteiger charge is -2.17. The van der Waals surface area contributed by atoms with Gasteiger partial charge in [-0.15, -0.1) is 0 Å². The van der Waals surface area contributed by atoms with Gasteiger partial charge in [-0.3, -0.25) is 4.79 Å². The standard InChI is InChI=1S/C15H16ClN3O2/c16-12-4-1-3-11(9-12)13-10-14(21-18-13)15(20)19-7-2-5-17-6-8-19/h1,3-4,9-10,17H,2,5-8H2. The van der Waals surface area contributed by atoms with Crippen LogP contribution in [0.2, 0.25) is 5.02 Å². The van der Waals surface area contributed by atoms with Gasteiger partial charge in [-0.25, -0.2) is 0 Å². The summed E-state index contributed by atoms with van der Waals surface area (Å²) in [5.74, 6) is 0.159. The van der Waals surface area contributed by atoms with Gasteiger partial charge in [0.25, 0.3) is 5.91 Å². The molecule has 3 rings (SSSR count). The molecule has 1 aromatic heterocycles. The number of hydrogen-bond acceptors (Lipinski definition) is 4. The number of rotatable bonds is 2. The zero-order valence-corrected chi connectivity index (χ0v) is 12.3. The minimum absolute atomic E-state index is 0.112. The monoisotopic (exact) mass is 305 g/mol. The molecule has 5 nitrogen and oxygen atoms in total. The summed E-state index contributed by atoms with van der Waals surface area (Å²) in [7, 11) is 0. The Morgan fingerprint density at radius 3 is 3.05 bits per heavy atom. The van der Waals surface area contributed by atoms with Crippen LogP contribution >= 0.6 is 11.6 Å². The first-order chi connectivity index (χ1) is 10.2. The second kappa shape index (κ2) is 6.28. The van der Waals surface area contributed by atoms with E-state index < -0.39 is 0 Å². The largest absolute Gasteiger partial charge is 0.350 e. The molecule has 0 saturated carbocycles. The molecule has 0 aliphatic carbocycles. The molecule has 0 unspecified atom stereocenters. The van der Waals surface area contributed by atoms with E-state index >= 15 is 0 Å². The van der Waals surface area contributed by atoms with Gasteiger partial charge in [0.2, 0.25) is 5.76 Å². The predicted octanol–water partition coefficient (Wildman–Crippen LogP) is 2.43. The van der Waals surface area contributed by atoms with Crippen LogP contribution in [0, 0.1) is 0 Å². The smallest absolute Gasteiger partial charge is 0.292 e. The maximum atomic E-state index is 12.4. The molecule has 0 spiro atoms. The number of carbonyl (C=O) groups is 1. The Hall–Kier alpha value is -1.85. The number of carbonyl (C=O) groups excluding carboxylic acids is 1. The lowest BCUT2D eigenvalue weighted by atomic mass is 10.1. The molecule has 0 atom stereocenters. The first kappa shape index (κ1) is 14.1. The van der Waals surface area contributed by atoms with Crippen LogP contribution in [0.25, 0.3) is 11.3 Å². The van der Waals surface area contributed by atoms with E-state index in [9.17, 15) is 4.79 Å². The molecule has 21 heavy (non-hydrogen) atoms. The molecule has 1 fully saturated rings. The van der Waals surface area contributed by atoms with E-state index in [-0.39, 0.29) is 11.7 Å². The first-order valence-electron chi connectivity index (χ1n) is 6.97. The van der Waals surface area contributed by atoms with Crippen molar-refractivity contribution < 1.29 is 9.32 Å². The molecule has 1 saturated heterocycles. The van der Waals surface area contributed by atoms with Gasteiger partial charge in [-0.2, -0.15) is 0 Å². The van der Waals surface area contributed by atoms with Crippen molar-refractivity contribution in [1.82, 2.24) is 15.4 Å². The van der Waals surface area contributed by atoms with Crippen LogP contribution in [0.4, 0.5) is 0 Å². The second-order valence-electron chi connectivity index (χ2n) is 4.98. The minimum atomic E-state index is -0.112. The first-order valence-corrected chi connectivity index (χ1v) is 7.34. The van der Waals surface area contributed by atoms with Gasteiger partial charge in [0, 0.05) is 36.3 Å². The average Bonchev–Trinajstić information content (AvgIpc) is 2.82. The van der Waals surface area contributed by atoms with E-state index in [0.29, 0.717) is 17.3 Å². The Bertz CT molecular complexity index is 633. The summed E-state index contributed by atoms with van der Waals surface area (Å²) in [6, 6.07) is 8.99. The van der Waals surface area contributed by atoms with E-state index in [2.05, 4.69) is 10.5 Å². The second-order valence-corrected chi connectivity index (χ2v) is 5.42. The fourth-order valence-electron chi connectivity index (χ4n) is 2.36. The zero-order chi connectivity index (χ0) is 14.7. The Morgan fingerprint density at radius 1 is 1.29 bits per heavy atom. The normalized spacial score (nSPS) is 15.8. The van der Waals surface area contributed by atoms with Gasteiger partial charge in [0.05, 0.1) is 0 Å². The number of aromatic nitrogens is 1.